The van der Waals surface area contributed by atoms with E-state index in [1.54, 1.807) is 31.4 Å². The summed E-state index contributed by atoms with van der Waals surface area (Å²) in [5.41, 5.74) is 0.542. The summed E-state index contributed by atoms with van der Waals surface area (Å²) >= 11 is 0. The van der Waals surface area contributed by atoms with E-state index in [2.05, 4.69) is 10.6 Å². The third-order valence-electron chi connectivity index (χ3n) is 3.40. The second kappa shape index (κ2) is 9.00. The van der Waals surface area contributed by atoms with Crippen molar-refractivity contribution >= 4 is 11.8 Å². The van der Waals surface area contributed by atoms with Gasteiger partial charge >= 0.3 is 0 Å². The zero-order chi connectivity index (χ0) is 15.7. The highest BCUT2D eigenvalue weighted by molar-refractivity contribution is 5.94. The van der Waals surface area contributed by atoms with E-state index in [-0.39, 0.29) is 17.7 Å². The van der Waals surface area contributed by atoms with Crippen LogP contribution >= 0.6 is 0 Å². The molecule has 0 saturated carbocycles. The van der Waals surface area contributed by atoms with Crippen molar-refractivity contribution in [1.82, 2.24) is 10.6 Å². The van der Waals surface area contributed by atoms with E-state index in [4.69, 9.17) is 4.74 Å². The highest BCUT2D eigenvalue weighted by Gasteiger charge is 2.13. The molecule has 0 spiro atoms. The van der Waals surface area contributed by atoms with Crippen LogP contribution in [-0.2, 0) is 4.79 Å². The van der Waals surface area contributed by atoms with Gasteiger partial charge in [-0.15, -0.1) is 0 Å². The molecule has 0 aliphatic carbocycles. The number of carbonyl (C=O) groups excluding carboxylic acids is 2. The zero-order valence-corrected chi connectivity index (χ0v) is 12.9. The minimum atomic E-state index is -0.175. The molecule has 1 aromatic rings. The van der Waals surface area contributed by atoms with Crippen LogP contribution in [0.25, 0.3) is 0 Å². The predicted octanol–water partition coefficient (Wildman–Crippen LogP) is 1.98. The first-order valence-electron chi connectivity index (χ1n) is 7.32. The van der Waals surface area contributed by atoms with E-state index in [1.807, 2.05) is 13.8 Å². The molecule has 5 nitrogen and oxygen atoms in total. The lowest BCUT2D eigenvalue weighted by Crippen LogP contribution is -2.37. The Hall–Kier alpha value is -2.04. The van der Waals surface area contributed by atoms with Crippen molar-refractivity contribution in [2.24, 2.45) is 5.92 Å². The van der Waals surface area contributed by atoms with Gasteiger partial charge in [0.15, 0.2) is 0 Å². The number of methoxy groups -OCH3 is 1. The van der Waals surface area contributed by atoms with Gasteiger partial charge in [0, 0.05) is 24.6 Å². The van der Waals surface area contributed by atoms with Crippen molar-refractivity contribution in [1.29, 1.82) is 0 Å². The standard InChI is InChI=1S/C16H24N2O3/c1-4-12(5-2)15(19)17-9-10-18-16(20)13-7-6-8-14(11-13)21-3/h6-8,11-12H,4-5,9-10H2,1-3H3,(H,17,19)(H,18,20). The molecule has 116 valence electrons. The average molecular weight is 292 g/mol. The van der Waals surface area contributed by atoms with E-state index in [1.165, 1.54) is 0 Å². The van der Waals surface area contributed by atoms with Crippen LogP contribution < -0.4 is 15.4 Å². The maximum atomic E-state index is 11.9. The van der Waals surface area contributed by atoms with Gasteiger partial charge in [-0.05, 0) is 31.0 Å². The number of benzene rings is 1. The van der Waals surface area contributed by atoms with E-state index < -0.39 is 0 Å². The van der Waals surface area contributed by atoms with E-state index in [0.29, 0.717) is 24.4 Å². The fourth-order valence-corrected chi connectivity index (χ4v) is 2.03. The lowest BCUT2D eigenvalue weighted by Gasteiger charge is -2.13. The number of amides is 2. The Kier molecular flexibility index (Phi) is 7.29. The molecule has 0 unspecified atom stereocenters. The van der Waals surface area contributed by atoms with Crippen LogP contribution in [0.1, 0.15) is 37.0 Å². The first kappa shape index (κ1) is 17.0. The molecule has 5 heteroatoms. The third-order valence-corrected chi connectivity index (χ3v) is 3.40. The number of hydrogen-bond acceptors (Lipinski definition) is 3. The highest BCUT2D eigenvalue weighted by atomic mass is 16.5. The van der Waals surface area contributed by atoms with Crippen molar-refractivity contribution in [2.45, 2.75) is 26.7 Å². The molecular formula is C16H24N2O3. The fraction of sp³-hybridized carbons (Fsp3) is 0.500. The van der Waals surface area contributed by atoms with Crippen LogP contribution in [0.3, 0.4) is 0 Å². The number of ether oxygens (including phenoxy) is 1. The molecule has 0 aromatic heterocycles. The lowest BCUT2D eigenvalue weighted by atomic mass is 10.0. The van der Waals surface area contributed by atoms with E-state index >= 15 is 0 Å². The average Bonchev–Trinajstić information content (AvgIpc) is 2.52. The third kappa shape index (κ3) is 5.45. The molecule has 0 aliphatic rings. The van der Waals surface area contributed by atoms with Gasteiger partial charge in [-0.2, -0.15) is 0 Å². The minimum Gasteiger partial charge on any atom is -0.497 e. The molecule has 0 atom stereocenters. The minimum absolute atomic E-state index is 0.0515. The Balaban J connectivity index is 2.35. The Morgan fingerprint density at radius 3 is 2.43 bits per heavy atom. The summed E-state index contributed by atoms with van der Waals surface area (Å²) in [5, 5.41) is 5.61. The monoisotopic (exact) mass is 292 g/mol. The van der Waals surface area contributed by atoms with Crippen molar-refractivity contribution in [2.75, 3.05) is 20.2 Å². The summed E-state index contributed by atoms with van der Waals surface area (Å²) in [5.74, 6) is 0.574. The van der Waals surface area contributed by atoms with Gasteiger partial charge in [-0.1, -0.05) is 19.9 Å². The smallest absolute Gasteiger partial charge is 0.251 e. The van der Waals surface area contributed by atoms with Gasteiger partial charge in [-0.3, -0.25) is 9.59 Å². The summed E-state index contributed by atoms with van der Waals surface area (Å²) in [6, 6.07) is 6.95. The lowest BCUT2D eigenvalue weighted by molar-refractivity contribution is -0.125. The Morgan fingerprint density at radius 1 is 1.14 bits per heavy atom. The molecule has 21 heavy (non-hydrogen) atoms. The van der Waals surface area contributed by atoms with Crippen molar-refractivity contribution < 1.29 is 14.3 Å². The van der Waals surface area contributed by atoms with Crippen LogP contribution in [0.15, 0.2) is 24.3 Å². The van der Waals surface area contributed by atoms with Crippen molar-refractivity contribution in [3.8, 4) is 5.75 Å². The first-order chi connectivity index (χ1) is 10.1. The van der Waals surface area contributed by atoms with Crippen LogP contribution in [-0.4, -0.2) is 32.0 Å². The molecule has 0 aliphatic heterocycles. The molecule has 0 fully saturated rings. The number of hydrogen-bond donors (Lipinski definition) is 2. The number of carbonyl (C=O) groups is 2. The Bertz CT molecular complexity index is 470. The normalized spacial score (nSPS) is 10.3. The molecule has 0 saturated heterocycles. The SMILES string of the molecule is CCC(CC)C(=O)NCCNC(=O)c1cccc(OC)c1. The second-order valence-electron chi connectivity index (χ2n) is 4.79. The molecule has 1 aromatic carbocycles. The summed E-state index contributed by atoms with van der Waals surface area (Å²) < 4.78 is 5.08. The topological polar surface area (TPSA) is 67.4 Å². The van der Waals surface area contributed by atoms with Crippen molar-refractivity contribution in [3.63, 3.8) is 0 Å². The summed E-state index contributed by atoms with van der Waals surface area (Å²) in [4.78, 5) is 23.7. The summed E-state index contributed by atoms with van der Waals surface area (Å²) in [6.07, 6.45) is 1.66. The fourth-order valence-electron chi connectivity index (χ4n) is 2.03. The molecule has 2 amide bonds. The van der Waals surface area contributed by atoms with E-state index in [9.17, 15) is 9.59 Å². The molecular weight excluding hydrogens is 268 g/mol. The molecule has 0 bridgehead atoms. The van der Waals surface area contributed by atoms with Crippen LogP contribution in [0.4, 0.5) is 0 Å². The highest BCUT2D eigenvalue weighted by Crippen LogP contribution is 2.12. The zero-order valence-electron chi connectivity index (χ0n) is 12.9. The molecule has 0 radical (unpaired) electrons. The van der Waals surface area contributed by atoms with Gasteiger partial charge in [0.05, 0.1) is 7.11 Å². The summed E-state index contributed by atoms with van der Waals surface area (Å²) in [7, 11) is 1.56. The van der Waals surface area contributed by atoms with Gasteiger partial charge in [0.25, 0.3) is 5.91 Å². The predicted molar refractivity (Wildman–Crippen MR) is 82.4 cm³/mol. The number of rotatable bonds is 8. The molecule has 2 N–H and O–H groups in total. The second-order valence-corrected chi connectivity index (χ2v) is 4.79. The van der Waals surface area contributed by atoms with Gasteiger partial charge in [0.1, 0.15) is 5.75 Å². The quantitative estimate of drug-likeness (QED) is 0.720. The van der Waals surface area contributed by atoms with Gasteiger partial charge < -0.3 is 15.4 Å². The van der Waals surface area contributed by atoms with Gasteiger partial charge in [-0.25, -0.2) is 0 Å². The van der Waals surface area contributed by atoms with Crippen molar-refractivity contribution in [3.05, 3.63) is 29.8 Å². The largest absolute Gasteiger partial charge is 0.497 e. The Labute approximate surface area is 126 Å². The first-order valence-corrected chi connectivity index (χ1v) is 7.32. The van der Waals surface area contributed by atoms with Crippen LogP contribution in [0.2, 0.25) is 0 Å². The molecule has 1 rings (SSSR count). The molecule has 0 heterocycles. The summed E-state index contributed by atoms with van der Waals surface area (Å²) in [6.45, 7) is 4.84. The number of nitrogens with one attached hydrogen (secondary N) is 2. The van der Waals surface area contributed by atoms with Gasteiger partial charge in [0.2, 0.25) is 5.91 Å². The maximum Gasteiger partial charge on any atom is 0.251 e. The van der Waals surface area contributed by atoms with E-state index in [0.717, 1.165) is 12.8 Å². The van der Waals surface area contributed by atoms with Crippen LogP contribution in [0.5, 0.6) is 5.75 Å². The van der Waals surface area contributed by atoms with Crippen LogP contribution in [0, 0.1) is 5.92 Å². The maximum absolute atomic E-state index is 11.9. The Morgan fingerprint density at radius 2 is 1.81 bits per heavy atom.